The lowest BCUT2D eigenvalue weighted by atomic mass is 10.1. The van der Waals surface area contributed by atoms with Gasteiger partial charge in [0.25, 0.3) is 0 Å². The fourth-order valence-electron chi connectivity index (χ4n) is 1.56. The van der Waals surface area contributed by atoms with Crippen LogP contribution in [0.4, 0.5) is 0 Å². The highest BCUT2D eigenvalue weighted by atomic mass is 16.7. The zero-order valence-electron chi connectivity index (χ0n) is 8.27. The maximum absolute atomic E-state index is 5.60. The number of rotatable bonds is 2. The Bertz CT molecular complexity index is 314. The molecule has 0 spiro atoms. The third-order valence-electron chi connectivity index (χ3n) is 2.33. The second-order valence-electron chi connectivity index (χ2n) is 3.57. The highest BCUT2D eigenvalue weighted by molar-refractivity contribution is 5.23. The predicted octanol–water partition coefficient (Wildman–Crippen LogP) is 1.37. The van der Waals surface area contributed by atoms with Crippen LogP contribution >= 0.6 is 0 Å². The van der Waals surface area contributed by atoms with Crippen LogP contribution in [0.5, 0.6) is 0 Å². The number of nitrogens with two attached hydrogens (primary N) is 1. The fourth-order valence-corrected chi connectivity index (χ4v) is 1.56. The minimum Gasteiger partial charge on any atom is -0.346 e. The van der Waals surface area contributed by atoms with E-state index in [1.54, 1.807) is 0 Å². The lowest BCUT2D eigenvalue weighted by Gasteiger charge is -2.11. The summed E-state index contributed by atoms with van der Waals surface area (Å²) in [7, 11) is 0. The first-order chi connectivity index (χ1) is 6.79. The summed E-state index contributed by atoms with van der Waals surface area (Å²) in [6.45, 7) is 3.16. The second-order valence-corrected chi connectivity index (χ2v) is 3.57. The summed E-state index contributed by atoms with van der Waals surface area (Å²) in [5.41, 5.74) is 7.78. The zero-order chi connectivity index (χ0) is 9.97. The largest absolute Gasteiger partial charge is 0.346 e. The van der Waals surface area contributed by atoms with Crippen LogP contribution in [0, 0.1) is 6.92 Å². The Hall–Kier alpha value is -0.900. The van der Waals surface area contributed by atoms with Gasteiger partial charge in [0.1, 0.15) is 0 Å². The van der Waals surface area contributed by atoms with Crippen molar-refractivity contribution in [2.45, 2.75) is 19.3 Å². The molecule has 1 aliphatic heterocycles. The van der Waals surface area contributed by atoms with Crippen LogP contribution in [0.25, 0.3) is 0 Å². The van der Waals surface area contributed by atoms with E-state index >= 15 is 0 Å². The summed E-state index contributed by atoms with van der Waals surface area (Å²) in [4.78, 5) is 0. The van der Waals surface area contributed by atoms with E-state index in [9.17, 15) is 0 Å². The molecule has 1 saturated heterocycles. The first-order valence-corrected chi connectivity index (χ1v) is 4.83. The van der Waals surface area contributed by atoms with E-state index in [0.29, 0.717) is 13.2 Å². The SMILES string of the molecule is Cc1cccc(C2OCC(CN)O2)c1. The Morgan fingerprint density at radius 1 is 1.50 bits per heavy atom. The van der Waals surface area contributed by atoms with Crippen LogP contribution in [-0.4, -0.2) is 19.3 Å². The lowest BCUT2D eigenvalue weighted by molar-refractivity contribution is -0.0585. The second kappa shape index (κ2) is 4.09. The fraction of sp³-hybridized carbons (Fsp3) is 0.455. The van der Waals surface area contributed by atoms with E-state index in [0.717, 1.165) is 5.56 Å². The van der Waals surface area contributed by atoms with Crippen molar-refractivity contribution in [3.8, 4) is 0 Å². The van der Waals surface area contributed by atoms with Crippen LogP contribution in [0.1, 0.15) is 17.4 Å². The summed E-state index contributed by atoms with van der Waals surface area (Å²) < 4.78 is 11.1. The van der Waals surface area contributed by atoms with E-state index in [1.165, 1.54) is 5.56 Å². The predicted molar refractivity (Wildman–Crippen MR) is 53.8 cm³/mol. The molecular formula is C11H15NO2. The summed E-state index contributed by atoms with van der Waals surface area (Å²) in [6, 6.07) is 8.14. The molecule has 2 rings (SSSR count). The van der Waals surface area contributed by atoms with Gasteiger partial charge in [-0.2, -0.15) is 0 Å². The van der Waals surface area contributed by atoms with Crippen LogP contribution < -0.4 is 5.73 Å². The molecule has 1 aromatic rings. The molecular weight excluding hydrogens is 178 g/mol. The normalized spacial score (nSPS) is 26.7. The zero-order valence-corrected chi connectivity index (χ0v) is 8.27. The van der Waals surface area contributed by atoms with Crippen LogP contribution in [0.15, 0.2) is 24.3 Å². The minimum atomic E-state index is -0.233. The van der Waals surface area contributed by atoms with Crippen molar-refractivity contribution in [1.29, 1.82) is 0 Å². The van der Waals surface area contributed by atoms with Crippen LogP contribution in [0.3, 0.4) is 0 Å². The Morgan fingerprint density at radius 3 is 3.00 bits per heavy atom. The third-order valence-corrected chi connectivity index (χ3v) is 2.33. The monoisotopic (exact) mass is 193 g/mol. The first kappa shape index (κ1) is 9.65. The van der Waals surface area contributed by atoms with Gasteiger partial charge in [-0.15, -0.1) is 0 Å². The standard InChI is InChI=1S/C11H15NO2/c1-8-3-2-4-9(5-8)11-13-7-10(6-12)14-11/h2-5,10-11H,6-7,12H2,1H3. The van der Waals surface area contributed by atoms with Crippen molar-refractivity contribution in [1.82, 2.24) is 0 Å². The number of ether oxygens (including phenoxy) is 2. The molecule has 0 saturated carbocycles. The van der Waals surface area contributed by atoms with Gasteiger partial charge < -0.3 is 15.2 Å². The molecule has 0 amide bonds. The number of benzene rings is 1. The summed E-state index contributed by atoms with van der Waals surface area (Å²) in [6.07, 6.45) is -0.191. The molecule has 76 valence electrons. The Labute approximate surface area is 83.8 Å². The van der Waals surface area contributed by atoms with Crippen molar-refractivity contribution < 1.29 is 9.47 Å². The first-order valence-electron chi connectivity index (χ1n) is 4.83. The summed E-state index contributed by atoms with van der Waals surface area (Å²) >= 11 is 0. The van der Waals surface area contributed by atoms with Gasteiger partial charge in [-0.05, 0) is 6.92 Å². The molecule has 0 bridgehead atoms. The summed E-state index contributed by atoms with van der Waals surface area (Å²) in [5.74, 6) is 0. The van der Waals surface area contributed by atoms with Gasteiger partial charge in [0, 0.05) is 12.1 Å². The highest BCUT2D eigenvalue weighted by Crippen LogP contribution is 2.26. The van der Waals surface area contributed by atoms with E-state index < -0.39 is 0 Å². The van der Waals surface area contributed by atoms with Crippen molar-refractivity contribution in [2.75, 3.05) is 13.2 Å². The Morgan fingerprint density at radius 2 is 2.36 bits per heavy atom. The van der Waals surface area contributed by atoms with E-state index in [1.807, 2.05) is 12.1 Å². The molecule has 3 heteroatoms. The van der Waals surface area contributed by atoms with Gasteiger partial charge in [-0.3, -0.25) is 0 Å². The van der Waals surface area contributed by atoms with Gasteiger partial charge >= 0.3 is 0 Å². The molecule has 2 atom stereocenters. The molecule has 0 aliphatic carbocycles. The van der Waals surface area contributed by atoms with Gasteiger partial charge in [-0.1, -0.05) is 29.8 Å². The molecule has 0 radical (unpaired) electrons. The maximum Gasteiger partial charge on any atom is 0.184 e. The molecule has 2 N–H and O–H groups in total. The molecule has 3 nitrogen and oxygen atoms in total. The van der Waals surface area contributed by atoms with E-state index in [-0.39, 0.29) is 12.4 Å². The van der Waals surface area contributed by atoms with Gasteiger partial charge in [0.05, 0.1) is 12.7 Å². The van der Waals surface area contributed by atoms with Crippen LogP contribution in [-0.2, 0) is 9.47 Å². The average Bonchev–Trinajstić information content (AvgIpc) is 2.66. The number of aryl methyl sites for hydroxylation is 1. The molecule has 1 fully saturated rings. The van der Waals surface area contributed by atoms with Crippen molar-refractivity contribution in [3.63, 3.8) is 0 Å². The average molecular weight is 193 g/mol. The topological polar surface area (TPSA) is 44.5 Å². The van der Waals surface area contributed by atoms with Crippen molar-refractivity contribution in [3.05, 3.63) is 35.4 Å². The Kier molecular flexibility index (Phi) is 2.82. The molecule has 14 heavy (non-hydrogen) atoms. The smallest absolute Gasteiger partial charge is 0.184 e. The number of hydrogen-bond donors (Lipinski definition) is 1. The molecule has 0 aromatic heterocycles. The van der Waals surface area contributed by atoms with E-state index in [4.69, 9.17) is 15.2 Å². The van der Waals surface area contributed by atoms with Gasteiger partial charge in [0.15, 0.2) is 6.29 Å². The summed E-state index contributed by atoms with van der Waals surface area (Å²) in [5, 5.41) is 0. The Balaban J connectivity index is 2.09. The van der Waals surface area contributed by atoms with Gasteiger partial charge in [-0.25, -0.2) is 0 Å². The van der Waals surface area contributed by atoms with Crippen LogP contribution in [0.2, 0.25) is 0 Å². The number of hydrogen-bond acceptors (Lipinski definition) is 3. The molecule has 2 unspecified atom stereocenters. The van der Waals surface area contributed by atoms with Crippen molar-refractivity contribution in [2.24, 2.45) is 5.73 Å². The van der Waals surface area contributed by atoms with E-state index in [2.05, 4.69) is 19.1 Å². The maximum atomic E-state index is 5.60. The molecule has 1 heterocycles. The lowest BCUT2D eigenvalue weighted by Crippen LogP contribution is -2.21. The quantitative estimate of drug-likeness (QED) is 0.771. The molecule has 1 aliphatic rings. The third kappa shape index (κ3) is 1.95. The highest BCUT2D eigenvalue weighted by Gasteiger charge is 2.25. The van der Waals surface area contributed by atoms with Crippen molar-refractivity contribution >= 4 is 0 Å². The van der Waals surface area contributed by atoms with Gasteiger partial charge in [0.2, 0.25) is 0 Å². The minimum absolute atomic E-state index is 0.0421. The molecule has 1 aromatic carbocycles.